The number of hydrogen-bond acceptors (Lipinski definition) is 7. The van der Waals surface area contributed by atoms with Crippen LogP contribution < -0.4 is 11.1 Å². The molecule has 4 rings (SSSR count). The van der Waals surface area contributed by atoms with Gasteiger partial charge >= 0.3 is 0 Å². The van der Waals surface area contributed by atoms with Gasteiger partial charge in [0.25, 0.3) is 5.91 Å². The fraction of sp³-hybridized carbons (Fsp3) is 0.577. The molecule has 9 nitrogen and oxygen atoms in total. The number of carbonyl (C=O) groups is 1. The number of carbonyl (C=O) groups excluding carboxylic acids is 1. The van der Waals surface area contributed by atoms with Gasteiger partial charge in [0.15, 0.2) is 5.82 Å². The van der Waals surface area contributed by atoms with Gasteiger partial charge in [0.2, 0.25) is 0 Å². The Bertz CT molecular complexity index is 1110. The number of aromatic nitrogens is 3. The van der Waals surface area contributed by atoms with Crippen molar-refractivity contribution in [2.75, 3.05) is 24.3 Å². The lowest BCUT2D eigenvalue weighted by molar-refractivity contribution is -0.208. The normalized spacial score (nSPS) is 28.4. The minimum atomic E-state index is -0.775. The minimum Gasteiger partial charge on any atom is -0.393 e. The van der Waals surface area contributed by atoms with Crippen LogP contribution in [0.2, 0.25) is 0 Å². The summed E-state index contributed by atoms with van der Waals surface area (Å²) < 4.78 is 6.09. The highest BCUT2D eigenvalue weighted by Gasteiger charge is 2.45. The molecule has 0 aromatic carbocycles. The van der Waals surface area contributed by atoms with Crippen molar-refractivity contribution in [2.24, 2.45) is 5.41 Å². The van der Waals surface area contributed by atoms with Gasteiger partial charge in [-0.1, -0.05) is 19.9 Å². The predicted molar refractivity (Wildman–Crippen MR) is 135 cm³/mol. The van der Waals surface area contributed by atoms with Gasteiger partial charge in [-0.2, -0.15) is 0 Å². The number of hydrogen-bond donors (Lipinski definition) is 5. The highest BCUT2D eigenvalue weighted by Crippen LogP contribution is 2.44. The molecule has 3 atom stereocenters. The van der Waals surface area contributed by atoms with Crippen molar-refractivity contribution >= 4 is 23.0 Å². The molecule has 1 aliphatic carbocycles. The van der Waals surface area contributed by atoms with Crippen LogP contribution in [0.4, 0.5) is 11.5 Å². The zero-order valence-corrected chi connectivity index (χ0v) is 21.0. The van der Waals surface area contributed by atoms with E-state index in [-0.39, 0.29) is 36.3 Å². The average molecular weight is 484 g/mol. The summed E-state index contributed by atoms with van der Waals surface area (Å²) in [6.45, 7) is 7.94. The van der Waals surface area contributed by atoms with E-state index in [1.54, 1.807) is 0 Å². The standard InChI is InChI=1S/C26H37N5O4/c1-24(2)9-7-16(8-10-24)21-19(30-23(34)22-28-13-20(27)31-22)6-5-18(29-21)17-11-25(3,14-32)35-26(4,12-17)15-33/h5-7,13,17,32-33H,8-12,14-15,27H2,1-4H3,(H,28,31)(H,30,34)/t17?,25-,26+. The Kier molecular flexibility index (Phi) is 6.78. The van der Waals surface area contributed by atoms with Crippen molar-refractivity contribution in [2.45, 2.75) is 76.9 Å². The number of rotatable bonds is 6. The summed E-state index contributed by atoms with van der Waals surface area (Å²) in [5.74, 6) is 0.0469. The Balaban J connectivity index is 1.71. The molecule has 0 saturated carbocycles. The first kappa shape index (κ1) is 25.3. The number of nitrogen functional groups attached to an aromatic ring is 1. The van der Waals surface area contributed by atoms with Crippen LogP contribution in [-0.4, -0.2) is 55.5 Å². The summed E-state index contributed by atoms with van der Waals surface area (Å²) in [5, 5.41) is 23.0. The minimum absolute atomic E-state index is 0.0212. The smallest absolute Gasteiger partial charge is 0.291 e. The third-order valence-corrected chi connectivity index (χ3v) is 7.19. The molecule has 1 saturated heterocycles. The summed E-state index contributed by atoms with van der Waals surface area (Å²) in [5.41, 5.74) is 7.67. The average Bonchev–Trinajstić information content (AvgIpc) is 3.25. The summed E-state index contributed by atoms with van der Waals surface area (Å²) in [6.07, 6.45) is 7.59. The number of imidazole rings is 1. The van der Waals surface area contributed by atoms with Crippen LogP contribution in [0.1, 0.15) is 87.7 Å². The second-order valence-corrected chi connectivity index (χ2v) is 11.3. The van der Waals surface area contributed by atoms with Gasteiger partial charge in [0, 0.05) is 11.6 Å². The molecule has 1 amide bonds. The molecule has 2 aliphatic rings. The first-order valence-electron chi connectivity index (χ1n) is 12.2. The number of ether oxygens (including phenoxy) is 1. The topological polar surface area (TPSA) is 146 Å². The van der Waals surface area contributed by atoms with Crippen LogP contribution in [0.25, 0.3) is 5.57 Å². The van der Waals surface area contributed by atoms with Crippen LogP contribution in [0, 0.1) is 5.41 Å². The van der Waals surface area contributed by atoms with E-state index < -0.39 is 11.2 Å². The number of aliphatic hydroxyl groups excluding tert-OH is 2. The first-order chi connectivity index (χ1) is 16.4. The predicted octanol–water partition coefficient (Wildman–Crippen LogP) is 3.63. The molecule has 190 valence electrons. The van der Waals surface area contributed by atoms with Crippen molar-refractivity contribution in [1.29, 1.82) is 0 Å². The zero-order valence-electron chi connectivity index (χ0n) is 21.0. The molecule has 0 bridgehead atoms. The molecule has 0 spiro atoms. The van der Waals surface area contributed by atoms with Crippen molar-refractivity contribution in [3.05, 3.63) is 41.6 Å². The second kappa shape index (κ2) is 9.37. The van der Waals surface area contributed by atoms with Crippen LogP contribution >= 0.6 is 0 Å². The third-order valence-electron chi connectivity index (χ3n) is 7.19. The lowest BCUT2D eigenvalue weighted by Crippen LogP contribution is -2.51. The Morgan fingerprint density at radius 2 is 1.89 bits per heavy atom. The van der Waals surface area contributed by atoms with Gasteiger partial charge in [-0.25, -0.2) is 4.98 Å². The molecule has 9 heteroatoms. The molecular weight excluding hydrogens is 446 g/mol. The van der Waals surface area contributed by atoms with Crippen molar-refractivity contribution in [3.8, 4) is 0 Å². The van der Waals surface area contributed by atoms with Gasteiger partial charge in [-0.05, 0) is 69.1 Å². The van der Waals surface area contributed by atoms with Crippen LogP contribution in [0.15, 0.2) is 24.4 Å². The van der Waals surface area contributed by atoms with Gasteiger partial charge in [0.1, 0.15) is 5.82 Å². The van der Waals surface area contributed by atoms with E-state index in [4.69, 9.17) is 15.5 Å². The highest BCUT2D eigenvalue weighted by atomic mass is 16.5. The fourth-order valence-corrected chi connectivity index (χ4v) is 5.17. The number of amides is 1. The number of nitrogens with two attached hydrogens (primary N) is 1. The monoisotopic (exact) mass is 483 g/mol. The fourth-order valence-electron chi connectivity index (χ4n) is 5.17. The number of aliphatic hydroxyl groups is 2. The molecular formula is C26H37N5O4. The zero-order chi connectivity index (χ0) is 25.4. The van der Waals surface area contributed by atoms with Crippen LogP contribution in [0.3, 0.4) is 0 Å². The maximum Gasteiger partial charge on any atom is 0.291 e. The quantitative estimate of drug-likeness (QED) is 0.421. The number of aromatic amines is 1. The third kappa shape index (κ3) is 5.58. The summed E-state index contributed by atoms with van der Waals surface area (Å²) >= 11 is 0. The van der Waals surface area contributed by atoms with Gasteiger partial charge in [-0.15, -0.1) is 0 Å². The van der Waals surface area contributed by atoms with E-state index in [9.17, 15) is 15.0 Å². The van der Waals surface area contributed by atoms with Crippen molar-refractivity contribution in [1.82, 2.24) is 15.0 Å². The number of allylic oxidation sites excluding steroid dienone is 2. The van der Waals surface area contributed by atoms with E-state index in [1.807, 2.05) is 26.0 Å². The number of anilines is 2. The molecule has 2 aromatic heterocycles. The van der Waals surface area contributed by atoms with Gasteiger partial charge in [0.05, 0.1) is 42.0 Å². The van der Waals surface area contributed by atoms with E-state index in [0.29, 0.717) is 24.3 Å². The molecule has 3 heterocycles. The Morgan fingerprint density at radius 3 is 2.43 bits per heavy atom. The first-order valence-corrected chi connectivity index (χ1v) is 12.2. The lowest BCUT2D eigenvalue weighted by Gasteiger charge is -2.47. The van der Waals surface area contributed by atoms with E-state index in [2.05, 4.69) is 35.2 Å². The highest BCUT2D eigenvalue weighted by molar-refractivity contribution is 6.03. The maximum absolute atomic E-state index is 12.8. The maximum atomic E-state index is 12.8. The second-order valence-electron chi connectivity index (χ2n) is 11.3. The largest absolute Gasteiger partial charge is 0.393 e. The molecule has 0 radical (unpaired) electrons. The Labute approximate surface area is 206 Å². The van der Waals surface area contributed by atoms with E-state index in [0.717, 1.165) is 36.2 Å². The van der Waals surface area contributed by atoms with Gasteiger partial charge in [-0.3, -0.25) is 9.78 Å². The molecule has 1 unspecified atom stereocenters. The summed E-state index contributed by atoms with van der Waals surface area (Å²) in [4.78, 5) is 24.7. The van der Waals surface area contributed by atoms with Crippen LogP contribution in [0.5, 0.6) is 0 Å². The molecule has 1 aliphatic heterocycles. The molecule has 35 heavy (non-hydrogen) atoms. The number of nitrogens with one attached hydrogen (secondary N) is 2. The molecule has 6 N–H and O–H groups in total. The number of pyridine rings is 1. The van der Waals surface area contributed by atoms with Crippen molar-refractivity contribution < 1.29 is 19.7 Å². The van der Waals surface area contributed by atoms with E-state index in [1.165, 1.54) is 6.20 Å². The molecule has 2 aromatic rings. The lowest BCUT2D eigenvalue weighted by atomic mass is 9.77. The van der Waals surface area contributed by atoms with Crippen molar-refractivity contribution in [3.63, 3.8) is 0 Å². The van der Waals surface area contributed by atoms with E-state index >= 15 is 0 Å². The number of H-pyrrole nitrogens is 1. The summed E-state index contributed by atoms with van der Waals surface area (Å²) in [6, 6.07) is 3.79. The molecule has 1 fully saturated rings. The summed E-state index contributed by atoms with van der Waals surface area (Å²) in [7, 11) is 0. The van der Waals surface area contributed by atoms with Gasteiger partial charge < -0.3 is 31.0 Å². The van der Waals surface area contributed by atoms with Crippen LogP contribution in [-0.2, 0) is 4.74 Å². The Morgan fingerprint density at radius 1 is 1.20 bits per heavy atom. The number of nitrogens with zero attached hydrogens (tertiary/aromatic N) is 2. The SMILES string of the molecule is CC1(C)CC=C(c2nc(C3C[C@](C)(CO)O[C@](C)(CO)C3)ccc2NC(=O)c2ncc(N)[nH]2)CC1. The Hall–Kier alpha value is -2.75.